The molecule has 1 N–H and O–H groups in total. The van der Waals surface area contributed by atoms with E-state index in [0.717, 1.165) is 6.42 Å². The lowest BCUT2D eigenvalue weighted by Crippen LogP contribution is -2.38. The van der Waals surface area contributed by atoms with Crippen LogP contribution in [0, 0.1) is 0 Å². The lowest BCUT2D eigenvalue weighted by atomic mass is 10.3. The largest absolute Gasteiger partial charge is 0.319 e. The Morgan fingerprint density at radius 2 is 2.18 bits per heavy atom. The summed E-state index contributed by atoms with van der Waals surface area (Å²) in [5, 5.41) is 6.14. The zero-order valence-electron chi connectivity index (χ0n) is 9.34. The predicted molar refractivity (Wildman–Crippen MR) is 53.0 cm³/mol. The first kappa shape index (κ1) is 13.9. The summed E-state index contributed by atoms with van der Waals surface area (Å²) in [5.41, 5.74) is 0. The minimum absolute atomic E-state index is 0.0116. The molecule has 0 unspecified atom stereocenters. The molecule has 0 bridgehead atoms. The van der Waals surface area contributed by atoms with Crippen LogP contribution in [-0.2, 0) is 13.1 Å². The SMILES string of the molecule is CCCn1ncnc1CNCC(F)(F)C(F)F. The van der Waals surface area contributed by atoms with Gasteiger partial charge in [-0.05, 0) is 6.42 Å². The highest BCUT2D eigenvalue weighted by Crippen LogP contribution is 2.21. The van der Waals surface area contributed by atoms with Gasteiger partial charge in [0.2, 0.25) is 0 Å². The van der Waals surface area contributed by atoms with Crippen LogP contribution >= 0.6 is 0 Å². The van der Waals surface area contributed by atoms with Crippen LogP contribution in [0.5, 0.6) is 0 Å². The second kappa shape index (κ2) is 5.95. The van der Waals surface area contributed by atoms with Gasteiger partial charge in [-0.15, -0.1) is 0 Å². The molecule has 4 nitrogen and oxygen atoms in total. The fourth-order valence-corrected chi connectivity index (χ4v) is 1.24. The molecule has 0 aliphatic rings. The summed E-state index contributed by atoms with van der Waals surface area (Å²) in [6, 6.07) is 0. The maximum Gasteiger partial charge on any atom is 0.319 e. The highest BCUT2D eigenvalue weighted by molar-refractivity contribution is 4.85. The molecule has 0 aliphatic carbocycles. The number of nitrogens with zero attached hydrogens (tertiary/aromatic N) is 3. The number of alkyl halides is 4. The molecule has 8 heteroatoms. The van der Waals surface area contributed by atoms with Crippen molar-refractivity contribution in [2.24, 2.45) is 0 Å². The van der Waals surface area contributed by atoms with E-state index in [1.54, 1.807) is 4.68 Å². The Bertz CT molecular complexity index is 339. The second-order valence-corrected chi connectivity index (χ2v) is 3.56. The molecule has 1 aromatic heterocycles. The third kappa shape index (κ3) is 3.95. The van der Waals surface area contributed by atoms with Gasteiger partial charge in [0, 0.05) is 6.54 Å². The molecule has 1 heterocycles. The molecule has 0 amide bonds. The van der Waals surface area contributed by atoms with Gasteiger partial charge >= 0.3 is 12.3 Å². The van der Waals surface area contributed by atoms with Crippen LogP contribution in [-0.4, -0.2) is 33.7 Å². The standard InChI is InChI=1S/C9H14F4N4/c1-2-3-17-7(15-6-16-17)4-14-5-9(12,13)8(10)11/h6,8,14H,2-5H2,1H3. The summed E-state index contributed by atoms with van der Waals surface area (Å²) in [6.45, 7) is 1.46. The van der Waals surface area contributed by atoms with Crippen molar-refractivity contribution in [1.29, 1.82) is 0 Å². The fraction of sp³-hybridized carbons (Fsp3) is 0.778. The van der Waals surface area contributed by atoms with Crippen molar-refractivity contribution in [1.82, 2.24) is 20.1 Å². The van der Waals surface area contributed by atoms with Gasteiger partial charge in [0.05, 0.1) is 13.1 Å². The summed E-state index contributed by atoms with van der Waals surface area (Å²) >= 11 is 0. The third-order valence-corrected chi connectivity index (χ3v) is 2.09. The highest BCUT2D eigenvalue weighted by atomic mass is 19.3. The molecule has 0 saturated carbocycles. The molecule has 0 radical (unpaired) electrons. The van der Waals surface area contributed by atoms with Crippen molar-refractivity contribution in [3.05, 3.63) is 12.2 Å². The van der Waals surface area contributed by atoms with Crippen molar-refractivity contribution in [3.8, 4) is 0 Å². The van der Waals surface area contributed by atoms with E-state index in [2.05, 4.69) is 15.4 Å². The molecule has 98 valence electrons. The van der Waals surface area contributed by atoms with E-state index in [-0.39, 0.29) is 6.54 Å². The van der Waals surface area contributed by atoms with Crippen molar-refractivity contribution in [2.45, 2.75) is 38.8 Å². The number of hydrogen-bond acceptors (Lipinski definition) is 3. The Balaban J connectivity index is 2.43. The minimum atomic E-state index is -4.02. The maximum atomic E-state index is 12.6. The van der Waals surface area contributed by atoms with Crippen molar-refractivity contribution < 1.29 is 17.6 Å². The average Bonchev–Trinajstić information content (AvgIpc) is 2.66. The zero-order chi connectivity index (χ0) is 12.9. The molecule has 1 rings (SSSR count). The summed E-state index contributed by atoms with van der Waals surface area (Å²) in [6.07, 6.45) is -1.54. The quantitative estimate of drug-likeness (QED) is 0.753. The van der Waals surface area contributed by atoms with Gasteiger partial charge in [-0.3, -0.25) is 0 Å². The van der Waals surface area contributed by atoms with Gasteiger partial charge in [0.1, 0.15) is 12.2 Å². The van der Waals surface area contributed by atoms with Crippen molar-refractivity contribution in [3.63, 3.8) is 0 Å². The number of rotatable bonds is 7. The van der Waals surface area contributed by atoms with Gasteiger partial charge in [0.25, 0.3) is 0 Å². The Morgan fingerprint density at radius 3 is 2.76 bits per heavy atom. The molecule has 0 fully saturated rings. The lowest BCUT2D eigenvalue weighted by molar-refractivity contribution is -0.125. The second-order valence-electron chi connectivity index (χ2n) is 3.56. The van der Waals surface area contributed by atoms with Crippen LogP contribution in [0.1, 0.15) is 19.2 Å². The van der Waals surface area contributed by atoms with E-state index in [0.29, 0.717) is 12.4 Å². The minimum Gasteiger partial charge on any atom is -0.304 e. The molecule has 0 atom stereocenters. The number of hydrogen-bond donors (Lipinski definition) is 1. The van der Waals surface area contributed by atoms with Crippen LogP contribution in [0.25, 0.3) is 0 Å². The first-order valence-corrected chi connectivity index (χ1v) is 5.20. The Labute approximate surface area is 96.0 Å². The number of aryl methyl sites for hydroxylation is 1. The lowest BCUT2D eigenvalue weighted by Gasteiger charge is -2.15. The Hall–Kier alpha value is -1.18. The third-order valence-electron chi connectivity index (χ3n) is 2.09. The van der Waals surface area contributed by atoms with Crippen molar-refractivity contribution in [2.75, 3.05) is 6.54 Å². The van der Waals surface area contributed by atoms with E-state index in [1.165, 1.54) is 6.33 Å². The molecule has 0 aliphatic heterocycles. The zero-order valence-corrected chi connectivity index (χ0v) is 9.34. The highest BCUT2D eigenvalue weighted by Gasteiger charge is 2.40. The summed E-state index contributed by atoms with van der Waals surface area (Å²) < 4.78 is 50.4. The van der Waals surface area contributed by atoms with Gasteiger partial charge < -0.3 is 5.32 Å². The van der Waals surface area contributed by atoms with E-state index in [9.17, 15) is 17.6 Å². The summed E-state index contributed by atoms with van der Waals surface area (Å²) in [7, 11) is 0. The van der Waals surface area contributed by atoms with Gasteiger partial charge in [-0.2, -0.15) is 13.9 Å². The normalized spacial score (nSPS) is 12.4. The van der Waals surface area contributed by atoms with E-state index in [1.807, 2.05) is 6.92 Å². The molecular weight excluding hydrogens is 240 g/mol. The fourth-order valence-electron chi connectivity index (χ4n) is 1.24. The summed E-state index contributed by atoms with van der Waals surface area (Å²) in [4.78, 5) is 3.86. The Kier molecular flexibility index (Phi) is 4.86. The topological polar surface area (TPSA) is 42.7 Å². The monoisotopic (exact) mass is 254 g/mol. The van der Waals surface area contributed by atoms with E-state index in [4.69, 9.17) is 0 Å². The van der Waals surface area contributed by atoms with Crippen LogP contribution < -0.4 is 5.32 Å². The van der Waals surface area contributed by atoms with Crippen LogP contribution in [0.2, 0.25) is 0 Å². The van der Waals surface area contributed by atoms with Gasteiger partial charge in [-0.25, -0.2) is 18.4 Å². The summed E-state index contributed by atoms with van der Waals surface area (Å²) in [5.74, 6) is -3.56. The van der Waals surface area contributed by atoms with Crippen molar-refractivity contribution >= 4 is 0 Å². The smallest absolute Gasteiger partial charge is 0.304 e. The van der Waals surface area contributed by atoms with Gasteiger partial charge in [0.15, 0.2) is 0 Å². The molecule has 0 aromatic carbocycles. The predicted octanol–water partition coefficient (Wildman–Crippen LogP) is 1.68. The van der Waals surface area contributed by atoms with Crippen LogP contribution in [0.15, 0.2) is 6.33 Å². The van der Waals surface area contributed by atoms with Crippen LogP contribution in [0.4, 0.5) is 17.6 Å². The number of nitrogens with one attached hydrogen (secondary N) is 1. The number of halogens is 4. The molecular formula is C9H14F4N4. The van der Waals surface area contributed by atoms with E-state index >= 15 is 0 Å². The first-order chi connectivity index (χ1) is 7.97. The van der Waals surface area contributed by atoms with Crippen LogP contribution in [0.3, 0.4) is 0 Å². The number of aromatic nitrogens is 3. The Morgan fingerprint density at radius 1 is 1.47 bits per heavy atom. The molecule has 1 aromatic rings. The maximum absolute atomic E-state index is 12.6. The van der Waals surface area contributed by atoms with E-state index < -0.39 is 18.9 Å². The molecule has 0 saturated heterocycles. The molecule has 17 heavy (non-hydrogen) atoms. The van der Waals surface area contributed by atoms with Gasteiger partial charge in [-0.1, -0.05) is 6.92 Å². The molecule has 0 spiro atoms. The average molecular weight is 254 g/mol. The first-order valence-electron chi connectivity index (χ1n) is 5.20.